The lowest BCUT2D eigenvalue weighted by Gasteiger charge is -2.23. The van der Waals surface area contributed by atoms with Crippen LogP contribution in [0.2, 0.25) is 5.02 Å². The first-order chi connectivity index (χ1) is 34.5. The van der Waals surface area contributed by atoms with E-state index in [-0.39, 0.29) is 36.9 Å². The number of carboxylic acids is 1. The highest BCUT2D eigenvalue weighted by atomic mass is 35.5. The van der Waals surface area contributed by atoms with Gasteiger partial charge >= 0.3 is 30.3 Å². The number of carbonyl (C=O) groups excluding carboxylic acids is 3. The second kappa shape index (κ2) is 19.6. The van der Waals surface area contributed by atoms with Crippen LogP contribution >= 0.6 is 11.6 Å². The minimum atomic E-state index is -5.25. The largest absolute Gasteiger partial charge is 0.474 e. The van der Waals surface area contributed by atoms with Crippen molar-refractivity contribution in [2.45, 2.75) is 74.8 Å². The van der Waals surface area contributed by atoms with Crippen LogP contribution in [0, 0.1) is 29.4 Å². The number of aromatic nitrogens is 5. The predicted octanol–water partition coefficient (Wildman–Crippen LogP) is 6.39. The monoisotopic (exact) mass is 1130 g/mol. The van der Waals surface area contributed by atoms with Crippen molar-refractivity contribution in [3.63, 3.8) is 0 Å². The number of halogens is 11. The number of amides is 3. The number of sulfone groups is 1. The third-order valence-electron chi connectivity index (χ3n) is 11.8. The van der Waals surface area contributed by atoms with Gasteiger partial charge in [0.1, 0.15) is 47.5 Å². The summed E-state index contributed by atoms with van der Waals surface area (Å²) in [4.78, 5) is 54.5. The normalized spacial score (nSPS) is 16.6. The first kappa shape index (κ1) is 55.7. The molecule has 0 aliphatic heterocycles. The van der Waals surface area contributed by atoms with Gasteiger partial charge in [0.05, 0.1) is 40.5 Å². The molecule has 0 saturated heterocycles. The lowest BCUT2D eigenvalue weighted by atomic mass is 9.93. The molecule has 1 fully saturated rings. The standard InChI is InChI=1S/C44H37ClF10N8O10S2/c1-41(2,74(3,69)70)10-9-23-5-6-24(25-7-8-28(45)32-34(25)62(19-42(48,49)50)60-37(32)63(75(4,71)72)40(68)73-12-11-56-38(65)39(66)67)33(57-23)29(15-20-13-21(46)16-22(47)14-20)58-30(64)18-61-36-31(35(59-61)44(53,54)55)26-17-27(26)43(36,51)52/h5-8,13-14,16,26-27,29H,11-12,15,17-19H2,1-4H3,(H,56,65)(H,58,64)(H,66,67)/t26-,27+,29-/m0/s1. The highest BCUT2D eigenvalue weighted by Gasteiger charge is 2.68. The predicted molar refractivity (Wildman–Crippen MR) is 242 cm³/mol. The van der Waals surface area contributed by atoms with Gasteiger partial charge in [-0.2, -0.15) is 49.6 Å². The van der Waals surface area contributed by atoms with Gasteiger partial charge in [-0.3, -0.25) is 19.0 Å². The summed E-state index contributed by atoms with van der Waals surface area (Å²) in [5.41, 5.74) is -6.39. The van der Waals surface area contributed by atoms with Crippen molar-refractivity contribution in [1.82, 2.24) is 35.2 Å². The second-order valence-electron chi connectivity index (χ2n) is 17.7. The van der Waals surface area contributed by atoms with Crippen LogP contribution in [0.4, 0.5) is 54.5 Å². The maximum atomic E-state index is 15.6. The Morgan fingerprint density at radius 1 is 0.960 bits per heavy atom. The molecule has 0 bridgehead atoms. The van der Waals surface area contributed by atoms with E-state index in [2.05, 4.69) is 32.3 Å². The number of hydrogen-bond donors (Lipinski definition) is 3. The molecule has 3 aromatic heterocycles. The quantitative estimate of drug-likeness (QED) is 0.0473. The minimum Gasteiger partial charge on any atom is -0.474 e. The Hall–Kier alpha value is -7.00. The van der Waals surface area contributed by atoms with Crippen molar-refractivity contribution in [2.75, 3.05) is 30.0 Å². The molecule has 402 valence electrons. The summed E-state index contributed by atoms with van der Waals surface area (Å²) in [5, 5.41) is 18.9. The van der Waals surface area contributed by atoms with E-state index in [1.165, 1.54) is 13.8 Å². The maximum absolute atomic E-state index is 15.6. The van der Waals surface area contributed by atoms with Gasteiger partial charge in [0.2, 0.25) is 15.9 Å². The number of pyridine rings is 1. The van der Waals surface area contributed by atoms with Crippen molar-refractivity contribution in [3.8, 4) is 23.0 Å². The number of carboxylic acid groups (broad SMARTS) is 1. The Labute approximate surface area is 422 Å². The molecule has 75 heavy (non-hydrogen) atoms. The van der Waals surface area contributed by atoms with Crippen molar-refractivity contribution < 1.29 is 89.8 Å². The molecule has 0 spiro atoms. The van der Waals surface area contributed by atoms with Crippen LogP contribution in [-0.2, 0) is 70.6 Å². The van der Waals surface area contributed by atoms with E-state index in [1.54, 1.807) is 0 Å². The van der Waals surface area contributed by atoms with E-state index in [0.717, 1.165) is 42.7 Å². The lowest BCUT2D eigenvalue weighted by molar-refractivity contribution is -0.150. The van der Waals surface area contributed by atoms with Crippen LogP contribution in [0.25, 0.3) is 22.0 Å². The Morgan fingerprint density at radius 2 is 1.60 bits per heavy atom. The number of fused-ring (bicyclic) bond motifs is 4. The maximum Gasteiger partial charge on any atom is 0.435 e. The molecule has 3 heterocycles. The number of ether oxygens (including phenoxy) is 1. The summed E-state index contributed by atoms with van der Waals surface area (Å²) in [6.45, 7) is -2.61. The van der Waals surface area contributed by atoms with Crippen LogP contribution in [0.3, 0.4) is 0 Å². The average Bonchev–Trinajstić information content (AvgIpc) is 3.78. The number of sulfonamides is 1. The molecule has 7 rings (SSSR count). The molecular weight excluding hydrogens is 1090 g/mol. The van der Waals surface area contributed by atoms with Crippen molar-refractivity contribution >= 4 is 72.1 Å². The number of alkyl halides is 8. The zero-order chi connectivity index (χ0) is 55.7. The Kier molecular flexibility index (Phi) is 14.6. The van der Waals surface area contributed by atoms with Gasteiger partial charge < -0.3 is 20.5 Å². The fourth-order valence-corrected chi connectivity index (χ4v) is 9.45. The molecule has 31 heteroatoms. The fourth-order valence-electron chi connectivity index (χ4n) is 8.22. The number of nitrogens with zero attached hydrogens (tertiary/aromatic N) is 6. The number of hydrogen-bond acceptors (Lipinski definition) is 12. The summed E-state index contributed by atoms with van der Waals surface area (Å²) in [6.07, 6.45) is -12.1. The van der Waals surface area contributed by atoms with Crippen molar-refractivity contribution in [2.24, 2.45) is 5.92 Å². The number of anilines is 1. The molecule has 18 nitrogen and oxygen atoms in total. The Bertz CT molecular complexity index is 3480. The molecule has 3 N–H and O–H groups in total. The number of aliphatic carboxylic acids is 1. The molecule has 5 aromatic rings. The highest BCUT2D eigenvalue weighted by Crippen LogP contribution is 2.68. The molecule has 2 aliphatic rings. The lowest BCUT2D eigenvalue weighted by Crippen LogP contribution is -2.39. The van der Waals surface area contributed by atoms with Gasteiger partial charge in [-0.1, -0.05) is 23.6 Å². The first-order valence-electron chi connectivity index (χ1n) is 21.5. The van der Waals surface area contributed by atoms with Gasteiger partial charge in [0.25, 0.3) is 5.92 Å². The van der Waals surface area contributed by atoms with E-state index in [0.29, 0.717) is 12.3 Å². The molecule has 0 radical (unpaired) electrons. The summed E-state index contributed by atoms with van der Waals surface area (Å²) in [5.74, 6) is -9.95. The summed E-state index contributed by atoms with van der Waals surface area (Å²) < 4.78 is 202. The summed E-state index contributed by atoms with van der Waals surface area (Å²) in [6, 6.07) is 4.35. The molecule has 2 aliphatic carbocycles. The smallest absolute Gasteiger partial charge is 0.435 e. The average molecular weight is 1130 g/mol. The Balaban J connectivity index is 1.45. The van der Waals surface area contributed by atoms with E-state index in [4.69, 9.17) is 21.4 Å². The molecule has 3 atom stereocenters. The number of rotatable bonds is 14. The van der Waals surface area contributed by atoms with Gasteiger partial charge in [-0.05, 0) is 74.4 Å². The zero-order valence-electron chi connectivity index (χ0n) is 38.8. The third-order valence-corrected chi connectivity index (χ3v) is 15.1. The topological polar surface area (TPSA) is 242 Å². The summed E-state index contributed by atoms with van der Waals surface area (Å²) >= 11 is 6.57. The van der Waals surface area contributed by atoms with Gasteiger partial charge in [0.15, 0.2) is 21.3 Å². The third kappa shape index (κ3) is 11.6. The van der Waals surface area contributed by atoms with Crippen molar-refractivity contribution in [1.29, 1.82) is 0 Å². The van der Waals surface area contributed by atoms with Gasteiger partial charge in [-0.15, -0.1) is 0 Å². The molecular formula is C44H37ClF10N8O10S2. The number of carbonyl (C=O) groups is 4. The van der Waals surface area contributed by atoms with E-state index < -0.39 is 179 Å². The Morgan fingerprint density at radius 3 is 2.19 bits per heavy atom. The molecule has 1 saturated carbocycles. The van der Waals surface area contributed by atoms with Gasteiger partial charge in [-0.25, -0.2) is 40.2 Å². The molecule has 0 unspecified atom stereocenters. The van der Waals surface area contributed by atoms with Crippen LogP contribution in [0.15, 0.2) is 42.5 Å². The van der Waals surface area contributed by atoms with Crippen LogP contribution < -0.4 is 14.9 Å². The number of nitrogens with one attached hydrogen (secondary N) is 2. The number of benzene rings is 2. The zero-order valence-corrected chi connectivity index (χ0v) is 41.2. The van der Waals surface area contributed by atoms with E-state index in [1.807, 2.05) is 5.32 Å². The fraction of sp³-hybridized carbons (Fsp3) is 0.386. The summed E-state index contributed by atoms with van der Waals surface area (Å²) in [7, 11) is -8.93. The molecule has 3 amide bonds. The second-order valence-corrected chi connectivity index (χ2v) is 22.5. The van der Waals surface area contributed by atoms with Crippen LogP contribution in [0.1, 0.15) is 66.1 Å². The minimum absolute atomic E-state index is 0.159. The highest BCUT2D eigenvalue weighted by molar-refractivity contribution is 7.93. The van der Waals surface area contributed by atoms with Gasteiger partial charge in [0, 0.05) is 34.9 Å². The van der Waals surface area contributed by atoms with Crippen LogP contribution in [-0.4, -0.2) is 107 Å². The SMILES string of the molecule is CC(C)(C#Cc1ccc(-c2ccc(Cl)c3c(N(C(=O)OCCNC(=O)C(=O)O)S(C)(=O)=O)nn(CC(F)(F)F)c23)c([C@H](Cc2cc(F)cc(F)c2)NC(=O)Cn2nc(C(F)(F)F)c3c2C(F)(F)[C@@H]2C[C@H]32)n1)S(C)(=O)=O. The van der Waals surface area contributed by atoms with Crippen molar-refractivity contribution in [3.05, 3.63) is 93.0 Å². The van der Waals surface area contributed by atoms with Crippen LogP contribution in [0.5, 0.6) is 0 Å². The molecule has 2 aromatic carbocycles. The van der Waals surface area contributed by atoms with E-state index in [9.17, 15) is 71.1 Å². The first-order valence-corrected chi connectivity index (χ1v) is 25.6. The van der Waals surface area contributed by atoms with E-state index >= 15 is 8.78 Å².